The van der Waals surface area contributed by atoms with Crippen LogP contribution in [0.5, 0.6) is 0 Å². The molecule has 1 fully saturated rings. The van der Waals surface area contributed by atoms with Gasteiger partial charge in [-0.15, -0.1) is 10.2 Å². The average molecular weight is 548 g/mol. The number of rotatable bonds is 4. The van der Waals surface area contributed by atoms with E-state index in [1.165, 1.54) is 35.2 Å². The number of halogens is 6. The van der Waals surface area contributed by atoms with Crippen LogP contribution in [0.3, 0.4) is 0 Å². The average Bonchev–Trinajstić information content (AvgIpc) is 3.33. The van der Waals surface area contributed by atoms with Gasteiger partial charge in [0, 0.05) is 24.3 Å². The lowest BCUT2D eigenvalue weighted by molar-refractivity contribution is -0.157. The van der Waals surface area contributed by atoms with Crippen LogP contribution < -0.4 is 4.90 Å². The molecule has 0 aliphatic carbocycles. The van der Waals surface area contributed by atoms with Gasteiger partial charge in [0.15, 0.2) is 9.84 Å². The van der Waals surface area contributed by atoms with Crippen molar-refractivity contribution in [3.8, 4) is 11.5 Å². The summed E-state index contributed by atoms with van der Waals surface area (Å²) in [6, 6.07) is 9.07. The van der Waals surface area contributed by atoms with Crippen LogP contribution in [-0.4, -0.2) is 54.1 Å². The van der Waals surface area contributed by atoms with Crippen LogP contribution in [-0.2, 0) is 28.7 Å². The number of anilines is 1. The van der Waals surface area contributed by atoms with Gasteiger partial charge in [-0.3, -0.25) is 4.90 Å². The molecule has 15 heteroatoms. The Kier molecular flexibility index (Phi) is 6.92. The molecule has 2 amide bonds. The van der Waals surface area contributed by atoms with E-state index < -0.39 is 39.7 Å². The van der Waals surface area contributed by atoms with Crippen molar-refractivity contribution in [2.75, 3.05) is 29.5 Å². The Labute approximate surface area is 206 Å². The first-order valence-corrected chi connectivity index (χ1v) is 12.5. The molecule has 4 rings (SSSR count). The standard InChI is InChI=1S/C22H18F6N4O4S/c23-21(24,25)16-2-1-3-17(12-16)32(20(33)31-8-10-37(34,35)11-9-31)13-14-4-6-15(7-5-14)18-29-30-19(36-18)22(26,27)28/h1-7,12H,8-11,13H2. The molecule has 0 radical (unpaired) electrons. The fourth-order valence-electron chi connectivity index (χ4n) is 3.58. The lowest BCUT2D eigenvalue weighted by Gasteiger charge is -2.33. The van der Waals surface area contributed by atoms with E-state index in [0.717, 1.165) is 23.1 Å². The van der Waals surface area contributed by atoms with Crippen LogP contribution in [0.4, 0.5) is 36.8 Å². The topological polar surface area (TPSA) is 96.6 Å². The van der Waals surface area contributed by atoms with Gasteiger partial charge >= 0.3 is 24.3 Å². The maximum absolute atomic E-state index is 13.3. The number of alkyl halides is 6. The summed E-state index contributed by atoms with van der Waals surface area (Å²) < 4.78 is 106. The van der Waals surface area contributed by atoms with E-state index in [0.29, 0.717) is 5.56 Å². The third kappa shape index (κ3) is 6.21. The third-order valence-corrected chi connectivity index (χ3v) is 7.15. The number of sulfone groups is 1. The number of hydrogen-bond donors (Lipinski definition) is 0. The zero-order valence-corrected chi connectivity index (χ0v) is 19.6. The van der Waals surface area contributed by atoms with E-state index in [1.54, 1.807) is 0 Å². The van der Waals surface area contributed by atoms with Gasteiger partial charge in [-0.2, -0.15) is 26.3 Å². The van der Waals surface area contributed by atoms with Crippen molar-refractivity contribution in [1.82, 2.24) is 15.1 Å². The predicted octanol–water partition coefficient (Wildman–Crippen LogP) is 4.63. The quantitative estimate of drug-likeness (QED) is 0.441. The van der Waals surface area contributed by atoms with Gasteiger partial charge in [0.1, 0.15) is 0 Å². The number of carbonyl (C=O) groups excluding carboxylic acids is 1. The van der Waals surface area contributed by atoms with Crippen molar-refractivity contribution in [2.24, 2.45) is 0 Å². The van der Waals surface area contributed by atoms with E-state index >= 15 is 0 Å². The maximum Gasteiger partial charge on any atom is 0.470 e. The zero-order valence-electron chi connectivity index (χ0n) is 18.8. The Hall–Kier alpha value is -3.62. The van der Waals surface area contributed by atoms with Crippen LogP contribution in [0.15, 0.2) is 52.9 Å². The van der Waals surface area contributed by atoms with Crippen molar-refractivity contribution >= 4 is 21.6 Å². The number of carbonyl (C=O) groups is 1. The van der Waals surface area contributed by atoms with Crippen LogP contribution in [0.1, 0.15) is 17.0 Å². The molecule has 0 atom stereocenters. The van der Waals surface area contributed by atoms with Crippen molar-refractivity contribution in [2.45, 2.75) is 18.9 Å². The summed E-state index contributed by atoms with van der Waals surface area (Å²) in [5.74, 6) is -2.45. The fraction of sp³-hybridized carbons (Fsp3) is 0.318. The van der Waals surface area contributed by atoms with Crippen molar-refractivity contribution < 1.29 is 44.0 Å². The van der Waals surface area contributed by atoms with Gasteiger partial charge < -0.3 is 9.32 Å². The van der Waals surface area contributed by atoms with Crippen molar-refractivity contribution in [1.29, 1.82) is 0 Å². The van der Waals surface area contributed by atoms with Crippen LogP contribution >= 0.6 is 0 Å². The fourth-order valence-corrected chi connectivity index (χ4v) is 4.78. The van der Waals surface area contributed by atoms with Gasteiger partial charge in [0.2, 0.25) is 5.89 Å². The number of aromatic nitrogens is 2. The maximum atomic E-state index is 13.3. The van der Waals surface area contributed by atoms with Gasteiger partial charge in [-0.05, 0) is 35.9 Å². The Morgan fingerprint density at radius 2 is 1.59 bits per heavy atom. The van der Waals surface area contributed by atoms with E-state index in [9.17, 15) is 39.6 Å². The molecule has 0 unspecified atom stereocenters. The number of amides is 2. The Balaban J connectivity index is 1.62. The third-order valence-electron chi connectivity index (χ3n) is 5.54. The highest BCUT2D eigenvalue weighted by atomic mass is 32.2. The molecule has 0 spiro atoms. The van der Waals surface area contributed by atoms with Crippen molar-refractivity contribution in [3.05, 3.63) is 65.5 Å². The first kappa shape index (κ1) is 26.4. The van der Waals surface area contributed by atoms with Crippen LogP contribution in [0, 0.1) is 0 Å². The predicted molar refractivity (Wildman–Crippen MR) is 118 cm³/mol. The molecule has 0 N–H and O–H groups in total. The van der Waals surface area contributed by atoms with Gasteiger partial charge in [0.05, 0.1) is 23.6 Å². The minimum atomic E-state index is -4.81. The number of hydrogen-bond acceptors (Lipinski definition) is 6. The highest BCUT2D eigenvalue weighted by Crippen LogP contribution is 2.33. The summed E-state index contributed by atoms with van der Waals surface area (Å²) in [5.41, 5.74) is -0.458. The van der Waals surface area contributed by atoms with E-state index in [4.69, 9.17) is 0 Å². The second-order valence-corrected chi connectivity index (χ2v) is 10.5. The summed E-state index contributed by atoms with van der Waals surface area (Å²) in [7, 11) is -3.31. The molecule has 1 aliphatic heterocycles. The van der Waals surface area contributed by atoms with E-state index in [-0.39, 0.29) is 48.3 Å². The van der Waals surface area contributed by atoms with Gasteiger partial charge in [-0.25, -0.2) is 13.2 Å². The molecule has 0 bridgehead atoms. The molecule has 37 heavy (non-hydrogen) atoms. The second kappa shape index (κ2) is 9.68. The Morgan fingerprint density at radius 3 is 2.16 bits per heavy atom. The molecule has 0 saturated carbocycles. The van der Waals surface area contributed by atoms with Crippen molar-refractivity contribution in [3.63, 3.8) is 0 Å². The Morgan fingerprint density at radius 1 is 0.946 bits per heavy atom. The van der Waals surface area contributed by atoms with Crippen LogP contribution in [0.2, 0.25) is 0 Å². The van der Waals surface area contributed by atoms with Gasteiger partial charge in [-0.1, -0.05) is 18.2 Å². The monoisotopic (exact) mass is 548 g/mol. The number of nitrogens with zero attached hydrogens (tertiary/aromatic N) is 4. The Bertz CT molecular complexity index is 1370. The molecule has 2 heterocycles. The number of urea groups is 1. The van der Waals surface area contributed by atoms with Crippen LogP contribution in [0.25, 0.3) is 11.5 Å². The summed E-state index contributed by atoms with van der Waals surface area (Å²) in [5, 5.41) is 6.31. The molecule has 1 aromatic heterocycles. The molecular formula is C22H18F6N4O4S. The highest BCUT2D eigenvalue weighted by molar-refractivity contribution is 7.91. The molecule has 2 aromatic carbocycles. The highest BCUT2D eigenvalue weighted by Gasteiger charge is 2.38. The summed E-state index contributed by atoms with van der Waals surface area (Å²) in [6.07, 6.45) is -9.48. The van der Waals surface area contributed by atoms with Gasteiger partial charge in [0.25, 0.3) is 0 Å². The summed E-state index contributed by atoms with van der Waals surface area (Å²) in [6.45, 7) is -0.441. The molecule has 3 aromatic rings. The summed E-state index contributed by atoms with van der Waals surface area (Å²) >= 11 is 0. The minimum Gasteiger partial charge on any atom is -0.413 e. The number of benzene rings is 2. The van der Waals surface area contributed by atoms with E-state index in [2.05, 4.69) is 14.6 Å². The molecule has 198 valence electrons. The lowest BCUT2D eigenvalue weighted by Crippen LogP contribution is -2.49. The summed E-state index contributed by atoms with van der Waals surface area (Å²) in [4.78, 5) is 15.6. The normalized spacial score (nSPS) is 16.0. The zero-order chi connectivity index (χ0) is 27.0. The molecular weight excluding hydrogens is 530 g/mol. The smallest absolute Gasteiger partial charge is 0.413 e. The van der Waals surface area contributed by atoms with E-state index in [1.807, 2.05) is 0 Å². The first-order valence-electron chi connectivity index (χ1n) is 10.7. The lowest BCUT2D eigenvalue weighted by atomic mass is 10.1. The molecule has 8 nitrogen and oxygen atoms in total. The minimum absolute atomic E-state index is 0.0657. The SMILES string of the molecule is O=C(N1CCS(=O)(=O)CC1)N(Cc1ccc(-c2nnc(C(F)(F)F)o2)cc1)c1cccc(C(F)(F)F)c1. The second-order valence-electron chi connectivity index (χ2n) is 8.16. The molecule has 1 aliphatic rings. The first-order chi connectivity index (χ1) is 17.2. The largest absolute Gasteiger partial charge is 0.470 e. The molecule has 1 saturated heterocycles.